The number of Topliss-reactive ketones (excluding diaryl/α,β-unsaturated/α-hetero) is 1. The van der Waals surface area contributed by atoms with Gasteiger partial charge in [-0.2, -0.15) is 0 Å². The molecule has 2 aromatic carbocycles. The molecule has 2 aromatic rings. The number of fused-ring (bicyclic) bond motifs is 1. The van der Waals surface area contributed by atoms with Crippen LogP contribution in [0.4, 0.5) is 0 Å². The predicted octanol–water partition coefficient (Wildman–Crippen LogP) is 5.91. The fraction of sp³-hybridized carbons (Fsp3) is 0.375. The third-order valence-electron chi connectivity index (χ3n) is 4.83. The summed E-state index contributed by atoms with van der Waals surface area (Å²) < 4.78 is 11.4. The van der Waals surface area contributed by atoms with E-state index in [1.807, 2.05) is 30.3 Å². The molecule has 3 nitrogen and oxygen atoms in total. The lowest BCUT2D eigenvalue weighted by Gasteiger charge is -2.26. The molecule has 1 aliphatic heterocycles. The molecule has 0 saturated carbocycles. The maximum Gasteiger partial charge on any atom is 0.231 e. The summed E-state index contributed by atoms with van der Waals surface area (Å²) in [4.78, 5) is 13.1. The van der Waals surface area contributed by atoms with Crippen LogP contribution in [0.2, 0.25) is 0 Å². The van der Waals surface area contributed by atoms with Crippen LogP contribution in [-0.4, -0.2) is 12.9 Å². The lowest BCUT2D eigenvalue weighted by atomic mass is 9.79. The van der Waals surface area contributed by atoms with E-state index in [4.69, 9.17) is 9.47 Å². The molecule has 0 unspecified atom stereocenters. The highest BCUT2D eigenvalue weighted by atomic mass is 16.5. The molecule has 1 aliphatic rings. The summed E-state index contributed by atoms with van der Waals surface area (Å²) in [5.41, 5.74) is 3.56. The number of allylic oxidation sites excluding steroid dienone is 1. The highest BCUT2D eigenvalue weighted by Gasteiger charge is 2.35. The molecule has 0 aromatic heterocycles. The first-order valence-corrected chi connectivity index (χ1v) is 9.28. The summed E-state index contributed by atoms with van der Waals surface area (Å²) in [6.07, 6.45) is 1.79. The first kappa shape index (κ1) is 19.2. The Hall–Kier alpha value is -2.55. The van der Waals surface area contributed by atoms with Crippen molar-refractivity contribution in [2.75, 3.05) is 7.11 Å². The van der Waals surface area contributed by atoms with E-state index in [0.717, 1.165) is 22.4 Å². The number of methoxy groups -OCH3 is 1. The van der Waals surface area contributed by atoms with Crippen molar-refractivity contribution >= 4 is 11.9 Å². The standard InChI is InChI=1S/C24H28O3/c1-23(2,3)16-13-18-21(25)20(12-15-9-8-10-17(11-15)26-7)27-22(18)19(14-16)24(4,5)6/h8-14H,1-7H3/b20-12-. The Kier molecular flexibility index (Phi) is 4.67. The minimum absolute atomic E-state index is 0.0470. The maximum atomic E-state index is 13.1. The zero-order chi connectivity index (χ0) is 20.0. The zero-order valence-electron chi connectivity index (χ0n) is 17.3. The normalized spacial score (nSPS) is 15.7. The molecule has 0 radical (unpaired) electrons. The van der Waals surface area contributed by atoms with Crippen molar-refractivity contribution in [1.29, 1.82) is 0 Å². The lowest BCUT2D eigenvalue weighted by Crippen LogP contribution is -2.17. The van der Waals surface area contributed by atoms with Gasteiger partial charge in [-0.25, -0.2) is 0 Å². The van der Waals surface area contributed by atoms with E-state index < -0.39 is 0 Å². The molecule has 27 heavy (non-hydrogen) atoms. The second-order valence-corrected chi connectivity index (χ2v) is 9.12. The molecule has 0 amide bonds. The minimum atomic E-state index is -0.128. The molecule has 0 saturated heterocycles. The predicted molar refractivity (Wildman–Crippen MR) is 110 cm³/mol. The second kappa shape index (κ2) is 6.56. The van der Waals surface area contributed by atoms with Crippen LogP contribution in [0.25, 0.3) is 6.08 Å². The Balaban J connectivity index is 2.12. The van der Waals surface area contributed by atoms with Crippen LogP contribution in [0.5, 0.6) is 11.5 Å². The highest BCUT2D eigenvalue weighted by molar-refractivity contribution is 6.15. The van der Waals surface area contributed by atoms with Gasteiger partial charge < -0.3 is 9.47 Å². The summed E-state index contributed by atoms with van der Waals surface area (Å²) in [7, 11) is 1.63. The van der Waals surface area contributed by atoms with Gasteiger partial charge in [0.25, 0.3) is 0 Å². The molecule has 1 heterocycles. The van der Waals surface area contributed by atoms with Crippen LogP contribution in [0.3, 0.4) is 0 Å². The molecule has 3 heteroatoms. The van der Waals surface area contributed by atoms with E-state index in [-0.39, 0.29) is 16.6 Å². The fourth-order valence-electron chi connectivity index (χ4n) is 3.16. The molecule has 0 aliphatic carbocycles. The van der Waals surface area contributed by atoms with Crippen LogP contribution in [-0.2, 0) is 10.8 Å². The molecular formula is C24H28O3. The van der Waals surface area contributed by atoms with E-state index in [9.17, 15) is 4.79 Å². The number of carbonyl (C=O) groups excluding carboxylic acids is 1. The number of benzene rings is 2. The van der Waals surface area contributed by atoms with Crippen LogP contribution in [0.15, 0.2) is 42.2 Å². The number of hydrogen-bond acceptors (Lipinski definition) is 3. The molecule has 0 atom stereocenters. The summed E-state index contributed by atoms with van der Waals surface area (Å²) in [6, 6.07) is 11.8. The first-order chi connectivity index (χ1) is 12.5. The summed E-state index contributed by atoms with van der Waals surface area (Å²) in [5.74, 6) is 1.73. The van der Waals surface area contributed by atoms with Gasteiger partial charge >= 0.3 is 0 Å². The van der Waals surface area contributed by atoms with Crippen molar-refractivity contribution in [2.24, 2.45) is 0 Å². The molecule has 142 valence electrons. The van der Waals surface area contributed by atoms with Crippen molar-refractivity contribution in [3.63, 3.8) is 0 Å². The van der Waals surface area contributed by atoms with Crippen LogP contribution < -0.4 is 9.47 Å². The van der Waals surface area contributed by atoms with Crippen molar-refractivity contribution in [1.82, 2.24) is 0 Å². The maximum absolute atomic E-state index is 13.1. The van der Waals surface area contributed by atoms with E-state index in [2.05, 4.69) is 47.6 Å². The van der Waals surface area contributed by atoms with Gasteiger partial charge in [0, 0.05) is 5.56 Å². The minimum Gasteiger partial charge on any atom is -0.497 e. The van der Waals surface area contributed by atoms with E-state index in [1.54, 1.807) is 13.2 Å². The number of rotatable bonds is 2. The first-order valence-electron chi connectivity index (χ1n) is 9.28. The molecule has 0 spiro atoms. The smallest absolute Gasteiger partial charge is 0.231 e. The van der Waals surface area contributed by atoms with Crippen molar-refractivity contribution in [2.45, 2.75) is 52.4 Å². The third kappa shape index (κ3) is 3.78. The molecular weight excluding hydrogens is 336 g/mol. The van der Waals surface area contributed by atoms with Gasteiger partial charge in [-0.15, -0.1) is 0 Å². The van der Waals surface area contributed by atoms with Gasteiger partial charge in [-0.1, -0.05) is 59.7 Å². The number of hydrogen-bond donors (Lipinski definition) is 0. The Morgan fingerprint density at radius 2 is 1.67 bits per heavy atom. The van der Waals surface area contributed by atoms with Gasteiger partial charge in [-0.05, 0) is 46.2 Å². The average Bonchev–Trinajstić information content (AvgIpc) is 2.88. The van der Waals surface area contributed by atoms with E-state index >= 15 is 0 Å². The SMILES string of the molecule is COc1cccc(/C=C2\Oc3c(cc(C(C)(C)C)cc3C(C)(C)C)C2=O)c1. The van der Waals surface area contributed by atoms with Crippen LogP contribution >= 0.6 is 0 Å². The Morgan fingerprint density at radius 3 is 2.26 bits per heavy atom. The Morgan fingerprint density at radius 1 is 0.963 bits per heavy atom. The fourth-order valence-corrected chi connectivity index (χ4v) is 3.16. The van der Waals surface area contributed by atoms with Crippen molar-refractivity contribution in [3.8, 4) is 11.5 Å². The van der Waals surface area contributed by atoms with Crippen LogP contribution in [0, 0.1) is 0 Å². The van der Waals surface area contributed by atoms with Gasteiger partial charge in [0.1, 0.15) is 11.5 Å². The lowest BCUT2D eigenvalue weighted by molar-refractivity contribution is 0.101. The Labute approximate surface area is 162 Å². The molecule has 3 rings (SSSR count). The molecule has 0 bridgehead atoms. The summed E-state index contributed by atoms with van der Waals surface area (Å²) in [5, 5.41) is 0. The zero-order valence-corrected chi connectivity index (χ0v) is 17.3. The Bertz CT molecular complexity index is 922. The third-order valence-corrected chi connectivity index (χ3v) is 4.83. The van der Waals surface area contributed by atoms with Gasteiger partial charge in [0.2, 0.25) is 5.78 Å². The van der Waals surface area contributed by atoms with Crippen molar-refractivity contribution < 1.29 is 14.3 Å². The quantitative estimate of drug-likeness (QED) is 0.622. The van der Waals surface area contributed by atoms with Crippen molar-refractivity contribution in [3.05, 3.63) is 64.4 Å². The molecule has 0 fully saturated rings. The van der Waals surface area contributed by atoms with E-state index in [0.29, 0.717) is 17.1 Å². The average molecular weight is 364 g/mol. The number of ketones is 1. The molecule has 0 N–H and O–H groups in total. The number of ether oxygens (including phenoxy) is 2. The van der Waals surface area contributed by atoms with Gasteiger partial charge in [0.05, 0.1) is 12.7 Å². The van der Waals surface area contributed by atoms with E-state index in [1.165, 1.54) is 0 Å². The summed E-state index contributed by atoms with van der Waals surface area (Å²) in [6.45, 7) is 12.9. The topological polar surface area (TPSA) is 35.5 Å². The summed E-state index contributed by atoms with van der Waals surface area (Å²) >= 11 is 0. The van der Waals surface area contributed by atoms with Gasteiger partial charge in [-0.3, -0.25) is 4.79 Å². The monoisotopic (exact) mass is 364 g/mol. The number of carbonyl (C=O) groups is 1. The second-order valence-electron chi connectivity index (χ2n) is 9.12. The highest BCUT2D eigenvalue weighted by Crippen LogP contribution is 2.43. The van der Waals surface area contributed by atoms with Crippen LogP contribution in [0.1, 0.15) is 68.6 Å². The largest absolute Gasteiger partial charge is 0.497 e. The van der Waals surface area contributed by atoms with Gasteiger partial charge in [0.15, 0.2) is 5.76 Å².